The van der Waals surface area contributed by atoms with Crippen LogP contribution in [0, 0.1) is 18.8 Å². The first-order chi connectivity index (χ1) is 25.9. The van der Waals surface area contributed by atoms with Crippen molar-refractivity contribution in [1.29, 1.82) is 0 Å². The van der Waals surface area contributed by atoms with Crippen LogP contribution in [-0.2, 0) is 21.1 Å². The molecule has 0 radical (unpaired) electrons. The summed E-state index contributed by atoms with van der Waals surface area (Å²) in [6.07, 6.45) is 1.84. The van der Waals surface area contributed by atoms with E-state index < -0.39 is 6.98 Å². The van der Waals surface area contributed by atoms with Crippen LogP contribution in [0.5, 0.6) is 23.0 Å². The third-order valence-electron chi connectivity index (χ3n) is 10.1. The minimum Gasteiger partial charge on any atom is -0.513 e. The second kappa shape index (κ2) is 10.3. The Morgan fingerprint density at radius 3 is 2.24 bits per heavy atom. The van der Waals surface area contributed by atoms with Crippen LogP contribution < -0.4 is 19.3 Å². The zero-order valence-corrected chi connectivity index (χ0v) is 28.8. The summed E-state index contributed by atoms with van der Waals surface area (Å²) in [6.45, 7) is -0.800. The second-order valence-corrected chi connectivity index (χ2v) is 12.7. The molecule has 10 aromatic rings. The quantitative estimate of drug-likeness (QED) is 0.162. The van der Waals surface area contributed by atoms with E-state index in [-0.39, 0.29) is 21.1 Å². The van der Waals surface area contributed by atoms with E-state index in [1.807, 2.05) is 30.5 Å². The van der Waals surface area contributed by atoms with Crippen LogP contribution in [-0.4, -0.2) is 20.8 Å². The molecule has 0 amide bonds. The number of rotatable bonds is 2. The summed E-state index contributed by atoms with van der Waals surface area (Å²) in [6, 6.07) is 45.6. The minimum atomic E-state index is -2.38. The van der Waals surface area contributed by atoms with Crippen molar-refractivity contribution >= 4 is 82.6 Å². The molecule has 0 saturated heterocycles. The number of pyridine rings is 1. The Hall–Kier alpha value is -6.04. The molecular weight excluding hydrogens is 814 g/mol. The second-order valence-electron chi connectivity index (χ2n) is 12.7. The number of hydrogen-bond acceptors (Lipinski definition) is 5. The Bertz CT molecular complexity index is 3250. The van der Waals surface area contributed by atoms with E-state index in [1.54, 1.807) is 29.8 Å². The molecule has 7 nitrogen and oxygen atoms in total. The van der Waals surface area contributed by atoms with E-state index in [4.69, 9.17) is 18.6 Å². The summed E-state index contributed by atoms with van der Waals surface area (Å²) in [7, 11) is 0. The predicted octanol–water partition coefficient (Wildman–Crippen LogP) is 10.6. The largest absolute Gasteiger partial charge is 0.513 e. The van der Waals surface area contributed by atoms with E-state index in [0.717, 1.165) is 54.8 Å². The molecular formula is C43H24N5O2Pt-3. The number of nitrogens with zero attached hydrogens (tertiary/aromatic N) is 5. The van der Waals surface area contributed by atoms with E-state index in [2.05, 4.69) is 93.7 Å². The molecule has 0 aliphatic carbocycles. The molecule has 0 N–H and O–H groups in total. The molecule has 0 fully saturated rings. The Balaban J connectivity index is 0.00000341. The molecule has 0 saturated carbocycles. The van der Waals surface area contributed by atoms with E-state index in [9.17, 15) is 0 Å². The summed E-state index contributed by atoms with van der Waals surface area (Å²) < 4.78 is 41.7. The van der Waals surface area contributed by atoms with Gasteiger partial charge in [-0.15, -0.1) is 35.7 Å². The fourth-order valence-corrected chi connectivity index (χ4v) is 8.12. The number of fused-ring (bicyclic) bond motifs is 12. The molecule has 2 aliphatic heterocycles. The van der Waals surface area contributed by atoms with Crippen molar-refractivity contribution < 1.29 is 34.7 Å². The molecule has 8 heteroatoms. The van der Waals surface area contributed by atoms with E-state index >= 15 is 0 Å². The average molecular weight is 841 g/mol. The maximum Gasteiger partial charge on any atom is 0.160 e. The molecule has 6 heterocycles. The van der Waals surface area contributed by atoms with Gasteiger partial charge in [-0.2, -0.15) is 12.7 Å². The van der Waals surface area contributed by atoms with Gasteiger partial charge in [-0.25, -0.2) is 4.98 Å². The van der Waals surface area contributed by atoms with Gasteiger partial charge in [-0.05, 0) is 42.7 Å². The molecule has 4 aromatic heterocycles. The van der Waals surface area contributed by atoms with Gasteiger partial charge in [0.25, 0.3) is 0 Å². The van der Waals surface area contributed by atoms with Crippen LogP contribution in [0.1, 0.15) is 4.11 Å². The van der Waals surface area contributed by atoms with Crippen molar-refractivity contribution in [3.8, 4) is 23.0 Å². The molecule has 0 unspecified atom stereocenters. The van der Waals surface area contributed by atoms with Gasteiger partial charge in [-0.3, -0.25) is 0 Å². The maximum absolute atomic E-state index is 8.12. The number of hydrogen-bond donors (Lipinski definition) is 0. The number of para-hydroxylation sites is 4. The van der Waals surface area contributed by atoms with Gasteiger partial charge >= 0.3 is 0 Å². The summed E-state index contributed by atoms with van der Waals surface area (Å²) in [4.78, 5) is 8.13. The van der Waals surface area contributed by atoms with Crippen molar-refractivity contribution in [2.75, 3.05) is 16.8 Å². The van der Waals surface area contributed by atoms with Crippen LogP contribution in [0.2, 0.25) is 0 Å². The zero-order valence-electron chi connectivity index (χ0n) is 29.5. The van der Waals surface area contributed by atoms with Crippen LogP contribution in [0.15, 0.2) is 121 Å². The Kier molecular flexibility index (Phi) is 5.20. The summed E-state index contributed by atoms with van der Waals surface area (Å²) in [5, 5.41) is 6.75. The first-order valence-electron chi connectivity index (χ1n) is 17.9. The number of ether oxygens (including phenoxy) is 2. The molecule has 0 spiro atoms. The molecule has 0 bridgehead atoms. The third-order valence-corrected chi connectivity index (χ3v) is 10.1. The van der Waals surface area contributed by atoms with Crippen LogP contribution in [0.3, 0.4) is 0 Å². The summed E-state index contributed by atoms with van der Waals surface area (Å²) in [5.41, 5.74) is 7.65. The monoisotopic (exact) mass is 840 g/mol. The van der Waals surface area contributed by atoms with Crippen LogP contribution in [0.4, 0.5) is 17.1 Å². The SMILES string of the molecule is [2H]C([2H])([2H])N1[CH-]N2c3[c-]c(Oc4[c-]c5c(cc4)c4cccc6c7cccc8c9ccccc9n(c9cccnc9n5c46)c87)ccc3Oc3cccc1c32.[Pt]. The molecule has 51 heavy (non-hydrogen) atoms. The van der Waals surface area contributed by atoms with Crippen LogP contribution >= 0.6 is 0 Å². The molecule has 12 rings (SSSR count). The van der Waals surface area contributed by atoms with Crippen molar-refractivity contribution in [1.82, 2.24) is 13.8 Å². The third kappa shape index (κ3) is 3.73. The number of anilines is 3. The zero-order chi connectivity index (χ0) is 35.2. The van der Waals surface area contributed by atoms with E-state index in [1.165, 1.54) is 15.7 Å². The van der Waals surface area contributed by atoms with E-state index in [0.29, 0.717) is 40.1 Å². The number of benzene rings is 6. The van der Waals surface area contributed by atoms with Gasteiger partial charge in [-0.1, -0.05) is 71.9 Å². The first kappa shape index (κ1) is 25.9. The Morgan fingerprint density at radius 1 is 0.667 bits per heavy atom. The Labute approximate surface area is 309 Å². The molecule has 2 aliphatic rings. The normalized spacial score (nSPS) is 14.5. The fourth-order valence-electron chi connectivity index (χ4n) is 8.12. The van der Waals surface area contributed by atoms with Gasteiger partial charge in [0.2, 0.25) is 0 Å². The van der Waals surface area contributed by atoms with Crippen molar-refractivity contribution in [3.63, 3.8) is 0 Å². The standard InChI is InChI=1S/C43H24N5O2.Pt/c1-45-24-46-37-23-26(18-20-38(37)50-39-16-6-14-34(45)42(39)46)49-25-17-19-28-30-10-5-12-32-31-11-4-9-29-27-8-2-3-13-33(27)47(40(29)31)35-15-7-21-44-43(35)48(41(30)32)36(28)22-25;/h2-21,24H,1H3;/q-3;/i1D3;. The summed E-state index contributed by atoms with van der Waals surface area (Å²) >= 11 is 0. The molecule has 246 valence electrons. The van der Waals surface area contributed by atoms with Gasteiger partial charge in [0.05, 0.1) is 22.2 Å². The van der Waals surface area contributed by atoms with Gasteiger partial charge in [0, 0.05) is 81.4 Å². The number of aromatic nitrogens is 3. The topological polar surface area (TPSA) is 46.7 Å². The molecule has 0 atom stereocenters. The van der Waals surface area contributed by atoms with Gasteiger partial charge in [0.15, 0.2) is 5.65 Å². The van der Waals surface area contributed by atoms with Gasteiger partial charge in [0.1, 0.15) is 5.75 Å². The minimum absolute atomic E-state index is 0. The predicted molar refractivity (Wildman–Crippen MR) is 199 cm³/mol. The van der Waals surface area contributed by atoms with Crippen LogP contribution in [0.25, 0.3) is 65.5 Å². The maximum atomic E-state index is 8.12. The first-order valence-corrected chi connectivity index (χ1v) is 16.4. The fraction of sp³-hybridized carbons (Fsp3) is 0.0233. The average Bonchev–Trinajstić information content (AvgIpc) is 3.84. The van der Waals surface area contributed by atoms with Gasteiger partial charge < -0.3 is 28.1 Å². The van der Waals surface area contributed by atoms with Crippen molar-refractivity contribution in [2.24, 2.45) is 0 Å². The smallest absolute Gasteiger partial charge is 0.160 e. The molecule has 6 aromatic carbocycles. The Morgan fingerprint density at radius 2 is 1.37 bits per heavy atom. The van der Waals surface area contributed by atoms with Crippen molar-refractivity contribution in [2.45, 2.75) is 0 Å². The van der Waals surface area contributed by atoms with Crippen molar-refractivity contribution in [3.05, 3.63) is 140 Å². The summed E-state index contributed by atoms with van der Waals surface area (Å²) in [5.74, 6) is 2.05.